The van der Waals surface area contributed by atoms with Crippen molar-refractivity contribution in [3.63, 3.8) is 0 Å². The second-order valence-corrected chi connectivity index (χ2v) is 6.87. The predicted molar refractivity (Wildman–Crippen MR) is 96.2 cm³/mol. The molecule has 130 valence electrons. The lowest BCUT2D eigenvalue weighted by molar-refractivity contribution is -0.125. The van der Waals surface area contributed by atoms with Crippen LogP contribution in [0, 0.1) is 5.92 Å². The van der Waals surface area contributed by atoms with Crippen LogP contribution in [-0.4, -0.2) is 24.9 Å². The Hall–Kier alpha value is -2.38. The number of benzene rings is 1. The number of esters is 1. The van der Waals surface area contributed by atoms with Gasteiger partial charge in [0.05, 0.1) is 18.1 Å². The van der Waals surface area contributed by atoms with Crippen molar-refractivity contribution in [2.75, 3.05) is 17.7 Å². The highest BCUT2D eigenvalue weighted by atomic mass is 35.5. The lowest BCUT2D eigenvalue weighted by atomic mass is 9.90. The van der Waals surface area contributed by atoms with Crippen LogP contribution in [0.4, 0.5) is 10.7 Å². The quantitative estimate of drug-likeness (QED) is 0.799. The fraction of sp³-hybridized carbons (Fsp3) is 0.235. The number of nitrogens with one attached hydrogen (secondary N) is 2. The van der Waals surface area contributed by atoms with Gasteiger partial charge < -0.3 is 15.4 Å². The van der Waals surface area contributed by atoms with Crippen molar-refractivity contribution in [2.24, 2.45) is 5.92 Å². The third-order valence-electron chi connectivity index (χ3n) is 3.93. The van der Waals surface area contributed by atoms with E-state index in [4.69, 9.17) is 11.6 Å². The Morgan fingerprint density at radius 2 is 2.16 bits per heavy atom. The van der Waals surface area contributed by atoms with Gasteiger partial charge in [0, 0.05) is 17.5 Å². The topological polar surface area (TPSA) is 84.5 Å². The average Bonchev–Trinajstić information content (AvgIpc) is 2.95. The minimum absolute atomic E-state index is 0.0102. The lowest BCUT2D eigenvalue weighted by Gasteiger charge is -2.24. The fourth-order valence-corrected chi connectivity index (χ4v) is 3.89. The molecule has 2 amide bonds. The molecule has 2 aromatic rings. The van der Waals surface area contributed by atoms with Crippen LogP contribution in [0.25, 0.3) is 0 Å². The average molecular weight is 379 g/mol. The molecule has 0 bridgehead atoms. The molecule has 1 unspecified atom stereocenters. The Kier molecular flexibility index (Phi) is 5.06. The molecule has 2 N–H and O–H groups in total. The predicted octanol–water partition coefficient (Wildman–Crippen LogP) is 3.33. The fourth-order valence-electron chi connectivity index (χ4n) is 2.70. The molecule has 2 heterocycles. The maximum Gasteiger partial charge on any atom is 0.342 e. The third-order valence-corrected chi connectivity index (χ3v) is 5.26. The summed E-state index contributed by atoms with van der Waals surface area (Å²) in [5.74, 6) is -1.63. The molecular weight excluding hydrogens is 364 g/mol. The van der Waals surface area contributed by atoms with Crippen LogP contribution in [0.15, 0.2) is 29.6 Å². The molecule has 8 heteroatoms. The summed E-state index contributed by atoms with van der Waals surface area (Å²) < 4.78 is 4.67. The van der Waals surface area contributed by atoms with E-state index in [9.17, 15) is 14.4 Å². The van der Waals surface area contributed by atoms with E-state index < -0.39 is 11.9 Å². The number of para-hydroxylation sites is 1. The molecule has 1 atom stereocenters. The second kappa shape index (κ2) is 7.25. The van der Waals surface area contributed by atoms with Crippen molar-refractivity contribution in [1.82, 2.24) is 0 Å². The number of thiophene rings is 1. The van der Waals surface area contributed by atoms with Gasteiger partial charge in [-0.25, -0.2) is 4.79 Å². The number of carbonyl (C=O) groups is 3. The number of fused-ring (bicyclic) bond motifs is 1. The molecule has 1 aromatic carbocycles. The number of methoxy groups -OCH3 is 1. The van der Waals surface area contributed by atoms with Crippen molar-refractivity contribution >= 4 is 51.4 Å². The van der Waals surface area contributed by atoms with Crippen molar-refractivity contribution in [1.29, 1.82) is 0 Å². The molecule has 0 fully saturated rings. The molecule has 0 radical (unpaired) electrons. The number of amides is 2. The summed E-state index contributed by atoms with van der Waals surface area (Å²) in [6, 6.07) is 7.50. The van der Waals surface area contributed by atoms with Crippen LogP contribution in [0.3, 0.4) is 0 Å². The summed E-state index contributed by atoms with van der Waals surface area (Å²) in [5, 5.41) is 7.55. The molecule has 1 aliphatic rings. The normalized spacial score (nSPS) is 15.9. The molecule has 0 saturated carbocycles. The molecule has 0 aliphatic carbocycles. The van der Waals surface area contributed by atoms with Crippen LogP contribution >= 0.6 is 22.9 Å². The van der Waals surface area contributed by atoms with E-state index in [1.807, 2.05) is 24.3 Å². The van der Waals surface area contributed by atoms with Crippen LogP contribution < -0.4 is 10.6 Å². The Bertz CT molecular complexity index is 849. The zero-order valence-corrected chi connectivity index (χ0v) is 14.9. The summed E-state index contributed by atoms with van der Waals surface area (Å²) in [5.41, 5.74) is 1.90. The molecule has 1 aliphatic heterocycles. The summed E-state index contributed by atoms with van der Waals surface area (Å²) in [6.07, 6.45) is 0.501. The molecule has 0 spiro atoms. The first-order chi connectivity index (χ1) is 12.0. The minimum atomic E-state index is -0.620. The summed E-state index contributed by atoms with van der Waals surface area (Å²) >= 11 is 7.10. The van der Waals surface area contributed by atoms with Crippen molar-refractivity contribution in [3.8, 4) is 0 Å². The van der Waals surface area contributed by atoms with E-state index >= 15 is 0 Å². The van der Waals surface area contributed by atoms with Gasteiger partial charge in [0.2, 0.25) is 11.8 Å². The Labute approximate surface area is 153 Å². The lowest BCUT2D eigenvalue weighted by Crippen LogP contribution is -2.32. The van der Waals surface area contributed by atoms with Crippen LogP contribution in [0.1, 0.15) is 22.3 Å². The van der Waals surface area contributed by atoms with Gasteiger partial charge in [0.25, 0.3) is 0 Å². The number of hydrogen-bond donors (Lipinski definition) is 2. The summed E-state index contributed by atoms with van der Waals surface area (Å²) in [7, 11) is 1.24. The van der Waals surface area contributed by atoms with E-state index in [1.54, 1.807) is 5.38 Å². The summed E-state index contributed by atoms with van der Waals surface area (Å²) in [4.78, 5) is 36.3. The number of ether oxygens (including phenoxy) is 1. The minimum Gasteiger partial charge on any atom is -0.465 e. The van der Waals surface area contributed by atoms with E-state index in [0.29, 0.717) is 11.4 Å². The van der Waals surface area contributed by atoms with E-state index in [0.717, 1.165) is 22.6 Å². The Morgan fingerprint density at radius 3 is 2.92 bits per heavy atom. The molecule has 6 nitrogen and oxygen atoms in total. The monoisotopic (exact) mass is 378 g/mol. The van der Waals surface area contributed by atoms with Gasteiger partial charge in [-0.3, -0.25) is 9.59 Å². The van der Waals surface area contributed by atoms with Gasteiger partial charge in [0.15, 0.2) is 0 Å². The highest BCUT2D eigenvalue weighted by Gasteiger charge is 2.29. The van der Waals surface area contributed by atoms with Crippen LogP contribution in [-0.2, 0) is 20.7 Å². The molecule has 3 rings (SSSR count). The van der Waals surface area contributed by atoms with E-state index in [1.165, 1.54) is 7.11 Å². The maximum atomic E-state index is 12.3. The Balaban J connectivity index is 1.70. The zero-order chi connectivity index (χ0) is 18.0. The van der Waals surface area contributed by atoms with Crippen molar-refractivity contribution in [3.05, 3.63) is 45.8 Å². The number of rotatable bonds is 4. The van der Waals surface area contributed by atoms with Gasteiger partial charge in [0.1, 0.15) is 10.6 Å². The van der Waals surface area contributed by atoms with E-state index in [2.05, 4.69) is 15.4 Å². The Morgan fingerprint density at radius 1 is 1.40 bits per heavy atom. The van der Waals surface area contributed by atoms with Crippen LogP contribution in [0.2, 0.25) is 5.02 Å². The standard InChI is InChI=1S/C17H15ClN2O4S/c1-24-17(23)14-11(18)8-25-16(14)20-13(21)7-10-6-9-4-2-3-5-12(9)19-15(10)22/h2-5,8,10H,6-7H2,1H3,(H,19,22)(H,20,21). The first-order valence-corrected chi connectivity index (χ1v) is 8.79. The largest absolute Gasteiger partial charge is 0.465 e. The highest BCUT2D eigenvalue weighted by Crippen LogP contribution is 2.33. The first-order valence-electron chi connectivity index (χ1n) is 7.53. The number of hydrogen-bond acceptors (Lipinski definition) is 5. The zero-order valence-electron chi connectivity index (χ0n) is 13.3. The third kappa shape index (κ3) is 3.67. The molecule has 25 heavy (non-hydrogen) atoms. The van der Waals surface area contributed by atoms with E-state index in [-0.39, 0.29) is 28.8 Å². The first kappa shape index (κ1) is 17.4. The maximum absolute atomic E-state index is 12.3. The number of anilines is 2. The SMILES string of the molecule is COC(=O)c1c(Cl)csc1NC(=O)CC1Cc2ccccc2NC1=O. The molecule has 0 saturated heterocycles. The van der Waals surface area contributed by atoms with Crippen LogP contribution in [0.5, 0.6) is 0 Å². The second-order valence-electron chi connectivity index (χ2n) is 5.58. The number of halogens is 1. The van der Waals surface area contributed by atoms with Gasteiger partial charge >= 0.3 is 5.97 Å². The number of carbonyl (C=O) groups excluding carboxylic acids is 3. The van der Waals surface area contributed by atoms with Gasteiger partial charge in [-0.2, -0.15) is 0 Å². The van der Waals surface area contributed by atoms with Gasteiger partial charge in [-0.05, 0) is 18.1 Å². The smallest absolute Gasteiger partial charge is 0.342 e. The highest BCUT2D eigenvalue weighted by molar-refractivity contribution is 7.15. The van der Waals surface area contributed by atoms with Crippen molar-refractivity contribution in [2.45, 2.75) is 12.8 Å². The summed E-state index contributed by atoms with van der Waals surface area (Å²) in [6.45, 7) is 0. The molecular formula is C17H15ClN2O4S. The van der Waals surface area contributed by atoms with Gasteiger partial charge in [-0.15, -0.1) is 11.3 Å². The van der Waals surface area contributed by atoms with Crippen molar-refractivity contribution < 1.29 is 19.1 Å². The van der Waals surface area contributed by atoms with Gasteiger partial charge in [-0.1, -0.05) is 29.8 Å². The molecule has 1 aromatic heterocycles.